The van der Waals surface area contributed by atoms with E-state index in [0.717, 1.165) is 5.70 Å². The molecule has 0 spiro atoms. The minimum Gasteiger partial charge on any atom is -0.398 e. The Labute approximate surface area is 87.4 Å². The lowest BCUT2D eigenvalue weighted by Gasteiger charge is -2.36. The second-order valence-corrected chi connectivity index (χ2v) is 4.62. The fraction of sp³-hybridized carbons (Fsp3) is 0.538. The van der Waals surface area contributed by atoms with E-state index in [2.05, 4.69) is 47.6 Å². The molecule has 0 atom stereocenters. The number of hydrogen-bond acceptors (Lipinski definition) is 1. The highest BCUT2D eigenvalue weighted by Gasteiger charge is 2.32. The van der Waals surface area contributed by atoms with E-state index in [-0.39, 0.29) is 5.41 Å². The van der Waals surface area contributed by atoms with Gasteiger partial charge >= 0.3 is 0 Å². The fourth-order valence-corrected chi connectivity index (χ4v) is 2.35. The highest BCUT2D eigenvalue weighted by molar-refractivity contribution is 5.54. The van der Waals surface area contributed by atoms with Crippen molar-refractivity contribution in [2.24, 2.45) is 11.1 Å². The molecule has 14 heavy (non-hydrogen) atoms. The maximum absolute atomic E-state index is 6.08. The third-order valence-electron chi connectivity index (χ3n) is 3.67. The number of rotatable bonds is 0. The van der Waals surface area contributed by atoms with E-state index in [0.29, 0.717) is 0 Å². The molecule has 0 bridgehead atoms. The summed E-state index contributed by atoms with van der Waals surface area (Å²) in [5, 5.41) is 0. The normalized spacial score (nSPS) is 24.9. The summed E-state index contributed by atoms with van der Waals surface area (Å²) in [6, 6.07) is 0. The van der Waals surface area contributed by atoms with Crippen molar-refractivity contribution in [2.75, 3.05) is 0 Å². The third-order valence-corrected chi connectivity index (χ3v) is 3.67. The van der Waals surface area contributed by atoms with Gasteiger partial charge in [-0.3, -0.25) is 0 Å². The van der Waals surface area contributed by atoms with Gasteiger partial charge in [0, 0.05) is 11.1 Å². The SMILES string of the molecule is C/C=C1\C(C)=C(N)C(C)=C(C)C1(C)C. The molecule has 0 aromatic rings. The van der Waals surface area contributed by atoms with E-state index < -0.39 is 0 Å². The lowest BCUT2D eigenvalue weighted by Crippen LogP contribution is -2.25. The van der Waals surface area contributed by atoms with Crippen LogP contribution in [0.1, 0.15) is 41.5 Å². The topological polar surface area (TPSA) is 26.0 Å². The van der Waals surface area contributed by atoms with Gasteiger partial charge in [0.15, 0.2) is 0 Å². The van der Waals surface area contributed by atoms with Gasteiger partial charge < -0.3 is 5.73 Å². The van der Waals surface area contributed by atoms with E-state index in [1.807, 2.05) is 0 Å². The summed E-state index contributed by atoms with van der Waals surface area (Å²) in [4.78, 5) is 0. The Morgan fingerprint density at radius 2 is 1.57 bits per heavy atom. The first-order valence-corrected chi connectivity index (χ1v) is 5.15. The molecule has 0 fully saturated rings. The van der Waals surface area contributed by atoms with Crippen molar-refractivity contribution in [3.05, 3.63) is 34.1 Å². The molecule has 0 aromatic heterocycles. The second kappa shape index (κ2) is 3.30. The van der Waals surface area contributed by atoms with Crippen molar-refractivity contribution in [3.63, 3.8) is 0 Å². The standard InChI is InChI=1S/C13H21N/c1-7-11-9(3)12(14)8(2)10(4)13(11,5)6/h7H,14H2,1-6H3/b11-7+. The zero-order chi connectivity index (χ0) is 11.1. The Kier molecular flexibility index (Phi) is 2.62. The maximum atomic E-state index is 6.08. The molecule has 2 N–H and O–H groups in total. The third kappa shape index (κ3) is 1.31. The van der Waals surface area contributed by atoms with Crippen LogP contribution in [0.4, 0.5) is 0 Å². The van der Waals surface area contributed by atoms with Gasteiger partial charge in [-0.25, -0.2) is 0 Å². The van der Waals surface area contributed by atoms with Crippen LogP contribution in [-0.2, 0) is 0 Å². The number of nitrogens with two attached hydrogens (primary N) is 1. The van der Waals surface area contributed by atoms with Crippen LogP contribution in [0, 0.1) is 5.41 Å². The van der Waals surface area contributed by atoms with Crippen molar-refractivity contribution in [2.45, 2.75) is 41.5 Å². The van der Waals surface area contributed by atoms with Crippen molar-refractivity contribution >= 4 is 0 Å². The molecule has 1 aliphatic carbocycles. The van der Waals surface area contributed by atoms with Gasteiger partial charge in [-0.15, -0.1) is 0 Å². The molecule has 1 heteroatoms. The van der Waals surface area contributed by atoms with Gasteiger partial charge in [-0.2, -0.15) is 0 Å². The summed E-state index contributed by atoms with van der Waals surface area (Å²) in [5.74, 6) is 0. The molecule has 0 amide bonds. The van der Waals surface area contributed by atoms with Crippen LogP contribution in [0.25, 0.3) is 0 Å². The first-order chi connectivity index (χ1) is 6.34. The van der Waals surface area contributed by atoms with E-state index in [4.69, 9.17) is 5.73 Å². The van der Waals surface area contributed by atoms with Crippen LogP contribution in [0.5, 0.6) is 0 Å². The van der Waals surface area contributed by atoms with Crippen LogP contribution in [0.2, 0.25) is 0 Å². The minimum atomic E-state index is 0.131. The maximum Gasteiger partial charge on any atom is 0.0376 e. The quantitative estimate of drug-likeness (QED) is 0.622. The average Bonchev–Trinajstić information content (AvgIpc) is 2.13. The van der Waals surface area contributed by atoms with Crippen molar-refractivity contribution in [1.82, 2.24) is 0 Å². The summed E-state index contributed by atoms with van der Waals surface area (Å²) in [6.45, 7) is 13.0. The molecule has 0 saturated carbocycles. The molecule has 0 aliphatic heterocycles. The monoisotopic (exact) mass is 191 g/mol. The van der Waals surface area contributed by atoms with Crippen molar-refractivity contribution in [1.29, 1.82) is 0 Å². The Bertz CT molecular complexity index is 347. The van der Waals surface area contributed by atoms with Crippen LogP contribution in [0.15, 0.2) is 34.1 Å². The highest BCUT2D eigenvalue weighted by Crippen LogP contribution is 2.45. The summed E-state index contributed by atoms with van der Waals surface area (Å²) in [6.07, 6.45) is 2.18. The second-order valence-electron chi connectivity index (χ2n) is 4.62. The largest absolute Gasteiger partial charge is 0.398 e. The van der Waals surface area contributed by atoms with Crippen LogP contribution >= 0.6 is 0 Å². The lowest BCUT2D eigenvalue weighted by atomic mass is 9.69. The molecule has 0 radical (unpaired) electrons. The van der Waals surface area contributed by atoms with Gasteiger partial charge in [0.25, 0.3) is 0 Å². The fourth-order valence-electron chi connectivity index (χ4n) is 2.35. The van der Waals surface area contributed by atoms with Crippen LogP contribution < -0.4 is 5.73 Å². The minimum absolute atomic E-state index is 0.131. The summed E-state index contributed by atoms with van der Waals surface area (Å²) in [5.41, 5.74) is 12.4. The van der Waals surface area contributed by atoms with Gasteiger partial charge in [0.05, 0.1) is 0 Å². The Morgan fingerprint density at radius 3 is 2.00 bits per heavy atom. The first kappa shape index (κ1) is 11.1. The average molecular weight is 191 g/mol. The van der Waals surface area contributed by atoms with E-state index in [9.17, 15) is 0 Å². The first-order valence-electron chi connectivity index (χ1n) is 5.15. The molecule has 1 nitrogen and oxygen atoms in total. The predicted octanol–water partition coefficient (Wildman–Crippen LogP) is 3.54. The highest BCUT2D eigenvalue weighted by atomic mass is 14.6. The number of allylic oxidation sites excluding steroid dienone is 5. The Morgan fingerprint density at radius 1 is 1.07 bits per heavy atom. The van der Waals surface area contributed by atoms with E-state index in [1.54, 1.807) is 0 Å². The van der Waals surface area contributed by atoms with Gasteiger partial charge in [-0.05, 0) is 44.4 Å². The Hall–Kier alpha value is -0.980. The van der Waals surface area contributed by atoms with Crippen molar-refractivity contribution < 1.29 is 0 Å². The molecule has 0 heterocycles. The smallest absolute Gasteiger partial charge is 0.0376 e. The lowest BCUT2D eigenvalue weighted by molar-refractivity contribution is 0.529. The van der Waals surface area contributed by atoms with E-state index >= 15 is 0 Å². The molecular formula is C13H21N. The predicted molar refractivity (Wildman–Crippen MR) is 62.8 cm³/mol. The Balaban J connectivity index is 3.48. The van der Waals surface area contributed by atoms with Crippen LogP contribution in [-0.4, -0.2) is 0 Å². The summed E-state index contributed by atoms with van der Waals surface area (Å²) in [7, 11) is 0. The molecule has 0 saturated heterocycles. The molecular weight excluding hydrogens is 170 g/mol. The zero-order valence-electron chi connectivity index (χ0n) is 10.2. The van der Waals surface area contributed by atoms with Crippen LogP contribution in [0.3, 0.4) is 0 Å². The van der Waals surface area contributed by atoms with Gasteiger partial charge in [-0.1, -0.05) is 25.5 Å². The molecule has 1 rings (SSSR count). The zero-order valence-corrected chi connectivity index (χ0v) is 10.2. The molecule has 1 aliphatic rings. The summed E-state index contributed by atoms with van der Waals surface area (Å²) < 4.78 is 0. The van der Waals surface area contributed by atoms with Gasteiger partial charge in [0.2, 0.25) is 0 Å². The summed E-state index contributed by atoms with van der Waals surface area (Å²) >= 11 is 0. The van der Waals surface area contributed by atoms with Crippen molar-refractivity contribution in [3.8, 4) is 0 Å². The molecule has 78 valence electrons. The molecule has 0 aromatic carbocycles. The van der Waals surface area contributed by atoms with Gasteiger partial charge in [0.1, 0.15) is 0 Å². The number of hydrogen-bond donors (Lipinski definition) is 1. The molecule has 0 unspecified atom stereocenters. The van der Waals surface area contributed by atoms with E-state index in [1.165, 1.54) is 22.3 Å².